The van der Waals surface area contributed by atoms with Crippen molar-refractivity contribution in [3.05, 3.63) is 28.8 Å². The molecule has 2 rings (SSSR count). The number of nitrogens with zero attached hydrogens (tertiary/aromatic N) is 1. The van der Waals surface area contributed by atoms with Crippen LogP contribution in [0.15, 0.2) is 18.2 Å². The molecule has 106 valence electrons. The molecule has 1 aromatic rings. The van der Waals surface area contributed by atoms with E-state index in [-0.39, 0.29) is 11.1 Å². The standard InChI is InChI=1S/C13H16ClF3N2/c1-2-11-8-18-3-4-19(11)12-6-9(13(15,16)17)5-10(14)7-12/h5-7,11,18H,2-4,8H2,1H3. The topological polar surface area (TPSA) is 15.3 Å². The van der Waals surface area contributed by atoms with Crippen LogP contribution in [0.1, 0.15) is 18.9 Å². The van der Waals surface area contributed by atoms with Gasteiger partial charge in [0.2, 0.25) is 0 Å². The third-order valence-electron chi connectivity index (χ3n) is 3.36. The number of hydrogen-bond acceptors (Lipinski definition) is 2. The number of hydrogen-bond donors (Lipinski definition) is 1. The minimum absolute atomic E-state index is 0.123. The quantitative estimate of drug-likeness (QED) is 0.897. The summed E-state index contributed by atoms with van der Waals surface area (Å²) in [5.74, 6) is 0. The lowest BCUT2D eigenvalue weighted by Gasteiger charge is -2.38. The number of anilines is 1. The Morgan fingerprint density at radius 2 is 2.11 bits per heavy atom. The highest BCUT2D eigenvalue weighted by Crippen LogP contribution is 2.35. The molecule has 1 N–H and O–H groups in total. The molecule has 0 radical (unpaired) electrons. The molecular formula is C13H16ClF3N2. The number of benzene rings is 1. The van der Waals surface area contributed by atoms with Gasteiger partial charge in [0.15, 0.2) is 0 Å². The Kier molecular flexibility index (Phi) is 4.26. The highest BCUT2D eigenvalue weighted by molar-refractivity contribution is 6.31. The van der Waals surface area contributed by atoms with Crippen LogP contribution in [0.3, 0.4) is 0 Å². The van der Waals surface area contributed by atoms with E-state index in [1.54, 1.807) is 6.07 Å². The van der Waals surface area contributed by atoms with E-state index in [2.05, 4.69) is 5.32 Å². The molecule has 1 aliphatic heterocycles. The van der Waals surface area contributed by atoms with E-state index in [1.807, 2.05) is 11.8 Å². The SMILES string of the molecule is CCC1CNCCN1c1cc(Cl)cc(C(F)(F)F)c1. The van der Waals surface area contributed by atoms with Gasteiger partial charge in [-0.2, -0.15) is 13.2 Å². The number of halogens is 4. The summed E-state index contributed by atoms with van der Waals surface area (Å²) in [5.41, 5.74) is -0.142. The molecule has 1 saturated heterocycles. The van der Waals surface area contributed by atoms with Crippen molar-refractivity contribution in [3.63, 3.8) is 0 Å². The van der Waals surface area contributed by atoms with Gasteiger partial charge in [-0.25, -0.2) is 0 Å². The second kappa shape index (κ2) is 5.59. The Labute approximate surface area is 115 Å². The lowest BCUT2D eigenvalue weighted by molar-refractivity contribution is -0.137. The first kappa shape index (κ1) is 14.5. The van der Waals surface area contributed by atoms with Gasteiger partial charge in [-0.15, -0.1) is 0 Å². The van der Waals surface area contributed by atoms with E-state index in [0.717, 1.165) is 25.6 Å². The summed E-state index contributed by atoms with van der Waals surface area (Å²) >= 11 is 5.82. The van der Waals surface area contributed by atoms with E-state index >= 15 is 0 Å². The zero-order valence-corrected chi connectivity index (χ0v) is 11.4. The van der Waals surface area contributed by atoms with Gasteiger partial charge in [0, 0.05) is 36.4 Å². The first-order valence-electron chi connectivity index (χ1n) is 6.27. The van der Waals surface area contributed by atoms with Gasteiger partial charge in [-0.05, 0) is 24.6 Å². The first-order chi connectivity index (χ1) is 8.91. The smallest absolute Gasteiger partial charge is 0.366 e. The summed E-state index contributed by atoms with van der Waals surface area (Å²) < 4.78 is 38.4. The monoisotopic (exact) mass is 292 g/mol. The molecule has 0 spiro atoms. The molecule has 6 heteroatoms. The molecule has 1 unspecified atom stereocenters. The van der Waals surface area contributed by atoms with E-state index in [1.165, 1.54) is 6.07 Å². The molecule has 2 nitrogen and oxygen atoms in total. The third-order valence-corrected chi connectivity index (χ3v) is 3.58. The summed E-state index contributed by atoms with van der Waals surface area (Å²) in [6.07, 6.45) is -3.49. The summed E-state index contributed by atoms with van der Waals surface area (Å²) in [7, 11) is 0. The molecule has 1 atom stereocenters. The molecule has 19 heavy (non-hydrogen) atoms. The van der Waals surface area contributed by atoms with Crippen molar-refractivity contribution in [3.8, 4) is 0 Å². The molecule has 1 fully saturated rings. The molecule has 0 amide bonds. The largest absolute Gasteiger partial charge is 0.416 e. The minimum Gasteiger partial charge on any atom is -0.366 e. The molecule has 0 aromatic heterocycles. The molecule has 1 aromatic carbocycles. The maximum absolute atomic E-state index is 12.8. The number of piperazine rings is 1. The van der Waals surface area contributed by atoms with E-state index < -0.39 is 11.7 Å². The van der Waals surface area contributed by atoms with Crippen molar-refractivity contribution in [1.29, 1.82) is 0 Å². The zero-order chi connectivity index (χ0) is 14.0. The van der Waals surface area contributed by atoms with Crippen LogP contribution in [-0.4, -0.2) is 25.7 Å². The predicted molar refractivity (Wildman–Crippen MR) is 70.7 cm³/mol. The fraction of sp³-hybridized carbons (Fsp3) is 0.538. The van der Waals surface area contributed by atoms with Crippen molar-refractivity contribution in [1.82, 2.24) is 5.32 Å². The van der Waals surface area contributed by atoms with Crippen LogP contribution in [0.5, 0.6) is 0 Å². The van der Waals surface area contributed by atoms with Crippen LogP contribution in [0.4, 0.5) is 18.9 Å². The van der Waals surface area contributed by atoms with Crippen molar-refractivity contribution >= 4 is 17.3 Å². The van der Waals surface area contributed by atoms with E-state index in [4.69, 9.17) is 11.6 Å². The Bertz CT molecular complexity index is 448. The summed E-state index contributed by atoms with van der Waals surface area (Å²) in [4.78, 5) is 2.00. The van der Waals surface area contributed by atoms with Gasteiger partial charge in [0.25, 0.3) is 0 Å². The maximum atomic E-state index is 12.8. The summed E-state index contributed by atoms with van der Waals surface area (Å²) in [6.45, 7) is 4.27. The Morgan fingerprint density at radius 3 is 2.74 bits per heavy atom. The number of alkyl halides is 3. The van der Waals surface area contributed by atoms with Crippen molar-refractivity contribution in [2.45, 2.75) is 25.6 Å². The number of rotatable bonds is 2. The second-order valence-electron chi connectivity index (χ2n) is 4.66. The van der Waals surface area contributed by atoms with Crippen LogP contribution in [0, 0.1) is 0 Å². The average molecular weight is 293 g/mol. The molecule has 0 aliphatic carbocycles. The van der Waals surface area contributed by atoms with Crippen molar-refractivity contribution in [2.75, 3.05) is 24.5 Å². The molecule has 1 heterocycles. The minimum atomic E-state index is -4.37. The van der Waals surface area contributed by atoms with Gasteiger partial charge in [0.1, 0.15) is 0 Å². The highest BCUT2D eigenvalue weighted by atomic mass is 35.5. The predicted octanol–water partition coefficient (Wildman–Crippen LogP) is 3.55. The van der Waals surface area contributed by atoms with Crippen LogP contribution >= 0.6 is 11.6 Å². The van der Waals surface area contributed by atoms with Gasteiger partial charge in [-0.3, -0.25) is 0 Å². The lowest BCUT2D eigenvalue weighted by atomic mass is 10.1. The highest BCUT2D eigenvalue weighted by Gasteiger charge is 2.32. The maximum Gasteiger partial charge on any atom is 0.416 e. The lowest BCUT2D eigenvalue weighted by Crippen LogP contribution is -2.51. The molecular weight excluding hydrogens is 277 g/mol. The third kappa shape index (κ3) is 3.34. The summed E-state index contributed by atoms with van der Waals surface area (Å²) in [5, 5.41) is 3.37. The van der Waals surface area contributed by atoms with Crippen LogP contribution in [-0.2, 0) is 6.18 Å². The normalized spacial score (nSPS) is 20.7. The molecule has 0 saturated carbocycles. The summed E-state index contributed by atoms with van der Waals surface area (Å²) in [6, 6.07) is 3.95. The Balaban J connectivity index is 2.35. The average Bonchev–Trinajstić information content (AvgIpc) is 2.37. The number of nitrogens with one attached hydrogen (secondary N) is 1. The van der Waals surface area contributed by atoms with Crippen LogP contribution in [0.25, 0.3) is 0 Å². The Morgan fingerprint density at radius 1 is 1.37 bits per heavy atom. The van der Waals surface area contributed by atoms with Gasteiger partial charge >= 0.3 is 6.18 Å². The second-order valence-corrected chi connectivity index (χ2v) is 5.09. The molecule has 1 aliphatic rings. The van der Waals surface area contributed by atoms with E-state index in [9.17, 15) is 13.2 Å². The van der Waals surface area contributed by atoms with Gasteiger partial charge in [0.05, 0.1) is 5.56 Å². The Hall–Kier alpha value is -0.940. The fourth-order valence-electron chi connectivity index (χ4n) is 2.37. The van der Waals surface area contributed by atoms with Crippen LogP contribution < -0.4 is 10.2 Å². The van der Waals surface area contributed by atoms with Crippen molar-refractivity contribution < 1.29 is 13.2 Å². The zero-order valence-electron chi connectivity index (χ0n) is 10.6. The van der Waals surface area contributed by atoms with Gasteiger partial charge < -0.3 is 10.2 Å². The first-order valence-corrected chi connectivity index (χ1v) is 6.64. The van der Waals surface area contributed by atoms with Crippen LogP contribution in [0.2, 0.25) is 5.02 Å². The fourth-order valence-corrected chi connectivity index (χ4v) is 2.60. The van der Waals surface area contributed by atoms with Gasteiger partial charge in [-0.1, -0.05) is 18.5 Å². The van der Waals surface area contributed by atoms with Crippen molar-refractivity contribution in [2.24, 2.45) is 0 Å². The van der Waals surface area contributed by atoms with E-state index in [0.29, 0.717) is 12.2 Å². The molecule has 0 bridgehead atoms.